The fourth-order valence-electron chi connectivity index (χ4n) is 3.80. The average molecular weight is 566 g/mol. The molecule has 3 rings (SSSR count). The lowest BCUT2D eigenvalue weighted by atomic mass is 9.87. The van der Waals surface area contributed by atoms with Crippen molar-refractivity contribution in [2.24, 2.45) is 11.8 Å². The molecule has 1 atom stereocenters. The Morgan fingerprint density at radius 3 is 2.03 bits per heavy atom. The topological polar surface area (TPSA) is 54.0 Å². The summed E-state index contributed by atoms with van der Waals surface area (Å²) in [6.45, 7) is 9.57. The summed E-state index contributed by atoms with van der Waals surface area (Å²) >= 11 is 1.50. The van der Waals surface area contributed by atoms with E-state index in [2.05, 4.69) is 46.8 Å². The number of carbonyl (C=O) groups excluding carboxylic acids is 1. The summed E-state index contributed by atoms with van der Waals surface area (Å²) in [5.41, 5.74) is 3.26. The monoisotopic (exact) mass is 565 g/mol. The minimum absolute atomic E-state index is 0.108. The van der Waals surface area contributed by atoms with Crippen LogP contribution < -0.4 is 10.6 Å². The van der Waals surface area contributed by atoms with E-state index in [0.29, 0.717) is 17.5 Å². The van der Waals surface area contributed by atoms with Gasteiger partial charge in [-0.1, -0.05) is 76.8 Å². The molecule has 1 fully saturated rings. The molecule has 0 radical (unpaired) electrons. The second-order valence-electron chi connectivity index (χ2n) is 8.77. The smallest absolute Gasteiger partial charge is 0.319 e. The number of thiazole rings is 1. The zero-order valence-electron chi connectivity index (χ0n) is 23.6. The molecule has 1 saturated carbocycles. The molecule has 38 heavy (non-hydrogen) atoms. The zero-order chi connectivity index (χ0) is 29.4. The van der Waals surface area contributed by atoms with E-state index in [1.165, 1.54) is 56.1 Å². The molecule has 10 heteroatoms. The van der Waals surface area contributed by atoms with Gasteiger partial charge >= 0.3 is 6.18 Å². The van der Waals surface area contributed by atoms with Crippen molar-refractivity contribution in [2.75, 3.05) is 18.9 Å². The van der Waals surface area contributed by atoms with Gasteiger partial charge in [0.2, 0.25) is 5.91 Å². The molecule has 0 aliphatic heterocycles. The van der Waals surface area contributed by atoms with E-state index < -0.39 is 24.6 Å². The SMILES string of the molecule is CC.CC.CNCC(C(C)(F)F)C(F)(F)F.Cc1ccc(-c2csc(NC(=O)CC3CCCCC3)n2)cc1. The van der Waals surface area contributed by atoms with E-state index in [1.54, 1.807) is 0 Å². The average Bonchev–Trinajstić information content (AvgIpc) is 3.33. The molecule has 218 valence electrons. The lowest BCUT2D eigenvalue weighted by molar-refractivity contribution is -0.232. The van der Waals surface area contributed by atoms with Gasteiger partial charge in [0.1, 0.15) is 5.92 Å². The molecule has 1 aromatic heterocycles. The Labute approximate surface area is 228 Å². The molecule has 0 saturated heterocycles. The van der Waals surface area contributed by atoms with Crippen molar-refractivity contribution in [1.29, 1.82) is 0 Å². The summed E-state index contributed by atoms with van der Waals surface area (Å²) < 4.78 is 60.3. The number of rotatable bonds is 7. The summed E-state index contributed by atoms with van der Waals surface area (Å²) in [5, 5.41) is 7.75. The summed E-state index contributed by atoms with van der Waals surface area (Å²) in [6, 6.07) is 8.29. The number of aromatic nitrogens is 1. The minimum atomic E-state index is -4.86. The van der Waals surface area contributed by atoms with E-state index in [4.69, 9.17) is 0 Å². The van der Waals surface area contributed by atoms with Crippen molar-refractivity contribution >= 4 is 22.4 Å². The van der Waals surface area contributed by atoms with Crippen LogP contribution in [0.2, 0.25) is 0 Å². The van der Waals surface area contributed by atoms with Crippen molar-refractivity contribution in [3.05, 3.63) is 35.2 Å². The van der Waals surface area contributed by atoms with Gasteiger partial charge in [0, 0.05) is 30.8 Å². The third-order valence-electron chi connectivity index (χ3n) is 5.71. The maximum absolute atomic E-state index is 12.3. The molecular formula is C28H44F5N3OS. The highest BCUT2D eigenvalue weighted by Crippen LogP contribution is 2.37. The lowest BCUT2D eigenvalue weighted by Crippen LogP contribution is -2.43. The Morgan fingerprint density at radius 1 is 1.03 bits per heavy atom. The fourth-order valence-corrected chi connectivity index (χ4v) is 4.53. The third kappa shape index (κ3) is 13.6. The van der Waals surface area contributed by atoms with Crippen molar-refractivity contribution in [3.63, 3.8) is 0 Å². The van der Waals surface area contributed by atoms with Crippen LogP contribution in [0.15, 0.2) is 29.6 Å². The first kappa shape index (κ1) is 35.9. The number of benzene rings is 1. The molecule has 0 spiro atoms. The fraction of sp³-hybridized carbons (Fsp3) is 0.643. The predicted octanol–water partition coefficient (Wildman–Crippen LogP) is 9.12. The number of amides is 1. The van der Waals surface area contributed by atoms with E-state index in [-0.39, 0.29) is 12.8 Å². The van der Waals surface area contributed by atoms with Crippen LogP contribution in [0.25, 0.3) is 11.3 Å². The maximum Gasteiger partial charge on any atom is 0.398 e. The summed E-state index contributed by atoms with van der Waals surface area (Å²) in [6.07, 6.45) is 2.03. The Morgan fingerprint density at radius 2 is 1.58 bits per heavy atom. The number of carbonyl (C=O) groups is 1. The van der Waals surface area contributed by atoms with Crippen LogP contribution >= 0.6 is 11.3 Å². The second-order valence-corrected chi connectivity index (χ2v) is 9.63. The molecule has 1 aliphatic carbocycles. The standard InChI is InChI=1S/C18H22N2OS.C6H10F5N.2C2H6/c1-13-7-9-15(10-8-13)16-12-22-18(19-16)20-17(21)11-14-5-3-2-4-6-14;1-5(7,8)4(3-12-2)6(9,10)11;2*1-2/h7-10,12,14H,2-6,11H2,1H3,(H,19,20,21);4,12H,3H2,1-2H3;2*1-2H3. The van der Waals surface area contributed by atoms with Gasteiger partial charge in [0.25, 0.3) is 5.92 Å². The Bertz CT molecular complexity index is 875. The van der Waals surface area contributed by atoms with Crippen LogP contribution in [0.5, 0.6) is 0 Å². The van der Waals surface area contributed by atoms with E-state index in [9.17, 15) is 26.7 Å². The number of hydrogen-bond donors (Lipinski definition) is 2. The minimum Gasteiger partial charge on any atom is -0.319 e. The number of halogens is 5. The molecule has 1 aromatic carbocycles. The van der Waals surface area contributed by atoms with Crippen LogP contribution in [0.4, 0.5) is 27.1 Å². The molecule has 4 nitrogen and oxygen atoms in total. The van der Waals surface area contributed by atoms with E-state index in [0.717, 1.165) is 11.3 Å². The molecule has 2 aromatic rings. The largest absolute Gasteiger partial charge is 0.398 e. The maximum atomic E-state index is 12.3. The zero-order valence-corrected chi connectivity index (χ0v) is 24.5. The Kier molecular flexibility index (Phi) is 17.3. The second kappa shape index (κ2) is 18.3. The summed E-state index contributed by atoms with van der Waals surface area (Å²) in [5.74, 6) is -5.68. The Hall–Kier alpha value is -2.07. The third-order valence-corrected chi connectivity index (χ3v) is 6.47. The molecule has 2 N–H and O–H groups in total. The highest BCUT2D eigenvalue weighted by atomic mass is 32.1. The van der Waals surface area contributed by atoms with Gasteiger partial charge in [-0.05, 0) is 32.7 Å². The van der Waals surface area contributed by atoms with E-state index >= 15 is 0 Å². The number of nitrogens with one attached hydrogen (secondary N) is 2. The van der Waals surface area contributed by atoms with Gasteiger partial charge in [-0.2, -0.15) is 13.2 Å². The number of aryl methyl sites for hydroxylation is 1. The van der Waals surface area contributed by atoms with Crippen LogP contribution in [0, 0.1) is 18.8 Å². The molecule has 1 heterocycles. The Balaban J connectivity index is 0.000000732. The number of anilines is 1. The van der Waals surface area contributed by atoms with E-state index in [1.807, 2.05) is 33.1 Å². The quantitative estimate of drug-likeness (QED) is 0.329. The van der Waals surface area contributed by atoms with Crippen LogP contribution in [-0.4, -0.2) is 36.6 Å². The summed E-state index contributed by atoms with van der Waals surface area (Å²) in [4.78, 5) is 16.7. The van der Waals surface area contributed by atoms with Crippen molar-refractivity contribution in [2.45, 2.75) is 92.2 Å². The van der Waals surface area contributed by atoms with Gasteiger partial charge in [0.15, 0.2) is 5.13 Å². The molecule has 1 amide bonds. The van der Waals surface area contributed by atoms with Gasteiger partial charge < -0.3 is 10.6 Å². The van der Waals surface area contributed by atoms with Crippen molar-refractivity contribution in [3.8, 4) is 11.3 Å². The molecule has 0 bridgehead atoms. The normalized spacial score (nSPS) is 14.5. The lowest BCUT2D eigenvalue weighted by Gasteiger charge is -2.25. The predicted molar refractivity (Wildman–Crippen MR) is 149 cm³/mol. The number of hydrogen-bond acceptors (Lipinski definition) is 4. The van der Waals surface area contributed by atoms with Crippen molar-refractivity contribution < 1.29 is 26.7 Å². The molecule has 1 aliphatic rings. The van der Waals surface area contributed by atoms with Gasteiger partial charge in [-0.25, -0.2) is 13.8 Å². The van der Waals surface area contributed by atoms with Gasteiger partial charge in [0.05, 0.1) is 5.69 Å². The highest BCUT2D eigenvalue weighted by molar-refractivity contribution is 7.14. The highest BCUT2D eigenvalue weighted by Gasteiger charge is 2.52. The summed E-state index contributed by atoms with van der Waals surface area (Å²) in [7, 11) is 1.20. The van der Waals surface area contributed by atoms with Crippen LogP contribution in [-0.2, 0) is 4.79 Å². The molecule has 1 unspecified atom stereocenters. The van der Waals surface area contributed by atoms with Gasteiger partial charge in [-0.15, -0.1) is 11.3 Å². The first-order chi connectivity index (χ1) is 17.9. The number of nitrogens with zero attached hydrogens (tertiary/aromatic N) is 1. The first-order valence-corrected chi connectivity index (χ1v) is 14.2. The van der Waals surface area contributed by atoms with Crippen LogP contribution in [0.3, 0.4) is 0 Å². The first-order valence-electron chi connectivity index (χ1n) is 13.3. The van der Waals surface area contributed by atoms with Crippen molar-refractivity contribution in [1.82, 2.24) is 10.3 Å². The van der Waals surface area contributed by atoms with Crippen LogP contribution in [0.1, 0.15) is 78.7 Å². The number of alkyl halides is 5. The molecular weight excluding hydrogens is 521 g/mol. The van der Waals surface area contributed by atoms with Gasteiger partial charge in [-0.3, -0.25) is 4.79 Å².